The zero-order chi connectivity index (χ0) is 30.3. The van der Waals surface area contributed by atoms with E-state index in [9.17, 15) is 0 Å². The molecule has 2 aliphatic rings. The first kappa shape index (κ1) is 26.2. The predicted molar refractivity (Wildman–Crippen MR) is 175 cm³/mol. The van der Waals surface area contributed by atoms with Crippen LogP contribution in [0.3, 0.4) is 0 Å². The molecule has 0 spiro atoms. The molecule has 0 atom stereocenters. The summed E-state index contributed by atoms with van der Waals surface area (Å²) in [6.45, 7) is 6.72. The molecule has 2 aliphatic heterocycles. The molecule has 4 aromatic carbocycles. The van der Waals surface area contributed by atoms with Crippen LogP contribution in [0.2, 0.25) is 4.35 Å². The molecule has 0 saturated heterocycles. The summed E-state index contributed by atoms with van der Waals surface area (Å²) in [7, 11) is 0. The van der Waals surface area contributed by atoms with Gasteiger partial charge in [-0.05, 0) is 0 Å². The third-order valence-corrected chi connectivity index (χ3v) is 9.34. The molecule has 0 saturated carbocycles. The number of nitrogens with one attached hydrogen (secondary N) is 2. The van der Waals surface area contributed by atoms with Gasteiger partial charge in [-0.15, -0.1) is 0 Å². The Kier molecular flexibility index (Phi) is 5.60. The van der Waals surface area contributed by atoms with Gasteiger partial charge in [-0.1, -0.05) is 6.07 Å². The molecule has 8 bridgehead atoms. The number of aromatic amines is 2. The van der Waals surface area contributed by atoms with Gasteiger partial charge in [0.15, 0.2) is 0 Å². The van der Waals surface area contributed by atoms with Crippen molar-refractivity contribution >= 4 is 48.6 Å². The van der Waals surface area contributed by atoms with E-state index in [0.29, 0.717) is 45.9 Å². The van der Waals surface area contributed by atoms with Crippen LogP contribution in [-0.4, -0.2) is 39.9 Å². The Hall–Kier alpha value is -5.25. The minimum absolute atomic E-state index is 0.0422. The van der Waals surface area contributed by atoms with Crippen LogP contribution in [0.15, 0.2) is 91.0 Å². The number of H-pyrrole nitrogens is 2. The second kappa shape index (κ2) is 9.62. The van der Waals surface area contributed by atoms with E-state index in [1.54, 1.807) is 0 Å². The van der Waals surface area contributed by atoms with Gasteiger partial charge in [0.2, 0.25) is 0 Å². The van der Waals surface area contributed by atoms with Crippen LogP contribution in [0.1, 0.15) is 20.8 Å². The van der Waals surface area contributed by atoms with Crippen molar-refractivity contribution < 1.29 is 14.7 Å². The zero-order valence-corrected chi connectivity index (χ0v) is 25.7. The Morgan fingerprint density at radius 3 is 1.33 bits per heavy atom. The van der Waals surface area contributed by atoms with Crippen LogP contribution >= 0.6 is 0 Å². The third kappa shape index (κ3) is 4.27. The van der Waals surface area contributed by atoms with Crippen LogP contribution < -0.4 is 4.50 Å². The van der Waals surface area contributed by atoms with Gasteiger partial charge in [0.1, 0.15) is 0 Å². The molecule has 7 aromatic rings. The monoisotopic (exact) mass is 629 g/mol. The SMILES string of the molecule is C[C](C)(C)[Co][c]1cccc2c3nc4nc(nc5[nH]c(nc6nc(nc([nH]3)c12)-c1ccccc1-6)c1ccccc51)-c1ccccc1-4. The summed E-state index contributed by atoms with van der Waals surface area (Å²) < 4.78 is 1.22. The summed E-state index contributed by atoms with van der Waals surface area (Å²) in [5.41, 5.74) is 6.50. The molecule has 0 fully saturated rings. The number of fused-ring (bicyclic) bond motifs is 20. The fourth-order valence-corrected chi connectivity index (χ4v) is 7.39. The second-order valence-corrected chi connectivity index (χ2v) is 14.4. The van der Waals surface area contributed by atoms with Crippen LogP contribution in [-0.2, 0) is 14.7 Å². The van der Waals surface area contributed by atoms with Gasteiger partial charge in [0.25, 0.3) is 0 Å². The summed E-state index contributed by atoms with van der Waals surface area (Å²) in [4.78, 5) is 37.5. The molecule has 0 unspecified atom stereocenters. The van der Waals surface area contributed by atoms with Gasteiger partial charge in [-0.2, -0.15) is 0 Å². The quantitative estimate of drug-likeness (QED) is 0.192. The number of aromatic nitrogens is 8. The molecule has 0 amide bonds. The van der Waals surface area contributed by atoms with Gasteiger partial charge in [0, 0.05) is 0 Å². The van der Waals surface area contributed by atoms with Crippen LogP contribution in [0.25, 0.3) is 89.7 Å². The number of nitrogens with zero attached hydrogens (tertiary/aromatic N) is 6. The van der Waals surface area contributed by atoms with Gasteiger partial charge in [-0.25, -0.2) is 0 Å². The first-order chi connectivity index (χ1) is 21.9. The van der Waals surface area contributed by atoms with Crippen LogP contribution in [0, 0.1) is 0 Å². The molecule has 8 nitrogen and oxygen atoms in total. The Labute approximate surface area is 264 Å². The van der Waals surface area contributed by atoms with E-state index in [4.69, 9.17) is 29.9 Å². The summed E-state index contributed by atoms with van der Waals surface area (Å²) in [5, 5.41) is 3.92. The van der Waals surface area contributed by atoms with Gasteiger partial charge >= 0.3 is 259 Å². The van der Waals surface area contributed by atoms with Crippen molar-refractivity contribution in [3.05, 3.63) is 91.0 Å². The normalized spacial score (nSPS) is 12.5. The minimum atomic E-state index is 0.0422. The Balaban J connectivity index is 1.49. The molecule has 219 valence electrons. The zero-order valence-electron chi connectivity index (χ0n) is 24.7. The fourth-order valence-electron chi connectivity index (χ4n) is 5.97. The number of benzene rings is 4. The Morgan fingerprint density at radius 1 is 0.444 bits per heavy atom. The molecule has 9 rings (SSSR count). The number of rotatable bonds is 1. The van der Waals surface area contributed by atoms with Crippen molar-refractivity contribution in [2.45, 2.75) is 25.1 Å². The second-order valence-electron chi connectivity index (χ2n) is 12.0. The summed E-state index contributed by atoms with van der Waals surface area (Å²) >= 11 is 1.23. The molecule has 9 heteroatoms. The van der Waals surface area contributed by atoms with Crippen molar-refractivity contribution in [3.8, 4) is 45.6 Å². The van der Waals surface area contributed by atoms with E-state index in [-0.39, 0.29) is 4.35 Å². The molecular formula is C36H26CoN8. The van der Waals surface area contributed by atoms with Gasteiger partial charge in [0.05, 0.1) is 0 Å². The third-order valence-electron chi connectivity index (χ3n) is 7.85. The average molecular weight is 630 g/mol. The number of hydrogen-bond donors (Lipinski definition) is 2. The van der Waals surface area contributed by atoms with Crippen molar-refractivity contribution in [1.82, 2.24) is 39.9 Å². The molecule has 3 aromatic heterocycles. The average Bonchev–Trinajstić information content (AvgIpc) is 3.76. The maximum atomic E-state index is 5.20. The van der Waals surface area contributed by atoms with E-state index < -0.39 is 0 Å². The van der Waals surface area contributed by atoms with Crippen molar-refractivity contribution in [2.75, 3.05) is 0 Å². The van der Waals surface area contributed by atoms with E-state index >= 15 is 0 Å². The topological polar surface area (TPSA) is 109 Å². The van der Waals surface area contributed by atoms with Gasteiger partial charge in [-0.3, -0.25) is 0 Å². The molecular weight excluding hydrogens is 603 g/mol. The standard InChI is InChI=1S/C32H17N8.C4H9.Co/c1-2-10-18-17(9-1)25-33-26(18)38-28-21-13-5-6-14-22(21)30(35-28)40-32-24-16-8-7-15-23(24)31(36-32)39-29-20-12-4-3-11-19(20)27(34-29)37-25;1-4(2)3;/h1-15H,(H2,33,34,35,36,37,38,39,40);1-3H3;. The molecule has 0 radical (unpaired) electrons. The van der Waals surface area contributed by atoms with E-state index in [0.717, 1.165) is 43.8 Å². The predicted octanol–water partition coefficient (Wildman–Crippen LogP) is 7.80. The summed E-state index contributed by atoms with van der Waals surface area (Å²) in [6.07, 6.45) is 0. The number of hydrogen-bond acceptors (Lipinski definition) is 6. The summed E-state index contributed by atoms with van der Waals surface area (Å²) in [5.74, 6) is 2.40. The van der Waals surface area contributed by atoms with E-state index in [1.165, 1.54) is 19.2 Å². The van der Waals surface area contributed by atoms with Crippen LogP contribution in [0.4, 0.5) is 0 Å². The first-order valence-electron chi connectivity index (χ1n) is 14.7. The molecule has 45 heavy (non-hydrogen) atoms. The molecule has 0 aliphatic carbocycles. The van der Waals surface area contributed by atoms with Crippen LogP contribution in [0.5, 0.6) is 0 Å². The maximum absolute atomic E-state index is 5.20. The van der Waals surface area contributed by atoms with Crippen molar-refractivity contribution in [3.63, 3.8) is 0 Å². The van der Waals surface area contributed by atoms with E-state index in [2.05, 4.69) is 48.9 Å². The van der Waals surface area contributed by atoms with Gasteiger partial charge < -0.3 is 0 Å². The Bertz CT molecular complexity index is 2520. The first-order valence-corrected chi connectivity index (χ1v) is 15.8. The summed E-state index contributed by atoms with van der Waals surface area (Å²) in [6, 6.07) is 30.7. The Morgan fingerprint density at radius 2 is 0.844 bits per heavy atom. The van der Waals surface area contributed by atoms with Crippen molar-refractivity contribution in [2.24, 2.45) is 0 Å². The fraction of sp³-hybridized carbons (Fsp3) is 0.111. The molecule has 2 N–H and O–H groups in total. The van der Waals surface area contributed by atoms with E-state index in [1.807, 2.05) is 72.8 Å². The molecule has 5 heterocycles. The van der Waals surface area contributed by atoms with Crippen molar-refractivity contribution in [1.29, 1.82) is 0 Å².